The number of hydrogen-bond acceptors (Lipinski definition) is 4. The molecule has 1 aliphatic heterocycles. The quantitative estimate of drug-likeness (QED) is 0.811. The molecule has 4 nitrogen and oxygen atoms in total. The van der Waals surface area contributed by atoms with Gasteiger partial charge in [0.2, 0.25) is 0 Å². The minimum Gasteiger partial charge on any atom is -0.308 e. The first-order valence-corrected chi connectivity index (χ1v) is 9.77. The van der Waals surface area contributed by atoms with E-state index < -0.39 is 9.84 Å². The van der Waals surface area contributed by atoms with Gasteiger partial charge in [-0.1, -0.05) is 13.8 Å². The molecule has 0 aromatic rings. The Morgan fingerprint density at radius 2 is 1.90 bits per heavy atom. The van der Waals surface area contributed by atoms with Gasteiger partial charge in [0, 0.05) is 36.5 Å². The molecule has 2 rings (SSSR count). The molecule has 2 atom stereocenters. The summed E-state index contributed by atoms with van der Waals surface area (Å²) in [5.74, 6) is 1.32. The summed E-state index contributed by atoms with van der Waals surface area (Å²) in [5, 5.41) is 3.75. The lowest BCUT2D eigenvalue weighted by Gasteiger charge is -2.52. The molecule has 2 unspecified atom stereocenters. The summed E-state index contributed by atoms with van der Waals surface area (Å²) in [7, 11) is -2.88. The highest BCUT2D eigenvalue weighted by molar-refractivity contribution is 7.91. The summed E-state index contributed by atoms with van der Waals surface area (Å²) in [6.07, 6.45) is 3.67. The Kier molecular flexibility index (Phi) is 4.53. The number of nitrogens with zero attached hydrogens (tertiary/aromatic N) is 1. The number of nitrogens with one attached hydrogen (secondary N) is 1. The highest BCUT2D eigenvalue weighted by Gasteiger charge is 2.48. The van der Waals surface area contributed by atoms with E-state index in [1.54, 1.807) is 6.92 Å². The maximum atomic E-state index is 11.8. The fraction of sp³-hybridized carbons (Fsp3) is 1.00. The van der Waals surface area contributed by atoms with Gasteiger partial charge in [-0.25, -0.2) is 8.42 Å². The molecular formula is C15H30N2O2S. The molecule has 0 radical (unpaired) electrons. The molecule has 1 heterocycles. The Morgan fingerprint density at radius 3 is 2.40 bits per heavy atom. The summed E-state index contributed by atoms with van der Waals surface area (Å²) in [6.45, 7) is 11.1. The maximum Gasteiger partial charge on any atom is 0.151 e. The zero-order valence-electron chi connectivity index (χ0n) is 13.4. The second-order valence-electron chi connectivity index (χ2n) is 7.05. The van der Waals surface area contributed by atoms with Gasteiger partial charge in [-0.05, 0) is 39.0 Å². The molecule has 118 valence electrons. The monoisotopic (exact) mass is 302 g/mol. The maximum absolute atomic E-state index is 11.8. The molecular weight excluding hydrogens is 272 g/mol. The van der Waals surface area contributed by atoms with Crippen molar-refractivity contribution < 1.29 is 8.42 Å². The van der Waals surface area contributed by atoms with E-state index in [1.807, 2.05) is 0 Å². The highest BCUT2D eigenvalue weighted by Crippen LogP contribution is 2.42. The van der Waals surface area contributed by atoms with Crippen LogP contribution in [0.1, 0.15) is 47.0 Å². The van der Waals surface area contributed by atoms with Gasteiger partial charge in [-0.2, -0.15) is 0 Å². The van der Waals surface area contributed by atoms with Crippen molar-refractivity contribution in [3.63, 3.8) is 0 Å². The van der Waals surface area contributed by atoms with E-state index in [9.17, 15) is 8.42 Å². The Labute approximate surface area is 124 Å². The third kappa shape index (κ3) is 3.37. The summed E-state index contributed by atoms with van der Waals surface area (Å²) in [5.41, 5.74) is 0.252. The van der Waals surface area contributed by atoms with E-state index in [2.05, 4.69) is 31.0 Å². The van der Waals surface area contributed by atoms with Crippen molar-refractivity contribution in [2.24, 2.45) is 5.92 Å². The van der Waals surface area contributed by atoms with E-state index in [0.717, 1.165) is 25.4 Å². The van der Waals surface area contributed by atoms with E-state index in [1.165, 1.54) is 12.8 Å². The van der Waals surface area contributed by atoms with Gasteiger partial charge in [-0.3, -0.25) is 4.90 Å². The molecule has 2 fully saturated rings. The molecule has 2 aliphatic rings. The normalized spacial score (nSPS) is 36.2. The fourth-order valence-corrected chi connectivity index (χ4v) is 4.02. The zero-order valence-corrected chi connectivity index (χ0v) is 14.2. The summed E-state index contributed by atoms with van der Waals surface area (Å²) < 4.78 is 23.6. The van der Waals surface area contributed by atoms with Crippen LogP contribution in [-0.2, 0) is 9.84 Å². The standard InChI is InChI=1S/C15H30N2O2S/c1-5-14(3)11-16-15(4,13-7-8-13)12-17(14)9-10-20(18,19)6-2/h13,16H,5-12H2,1-4H3. The lowest BCUT2D eigenvalue weighted by atomic mass is 9.84. The second-order valence-corrected chi connectivity index (χ2v) is 9.53. The third-order valence-corrected chi connectivity index (χ3v) is 7.19. The smallest absolute Gasteiger partial charge is 0.151 e. The minimum atomic E-state index is -2.88. The van der Waals surface area contributed by atoms with Crippen LogP contribution in [0.5, 0.6) is 0 Å². The molecule has 0 aromatic heterocycles. The highest BCUT2D eigenvalue weighted by atomic mass is 32.2. The molecule has 20 heavy (non-hydrogen) atoms. The van der Waals surface area contributed by atoms with Crippen LogP contribution >= 0.6 is 0 Å². The predicted octanol–water partition coefficient (Wildman–Crippen LogP) is 1.66. The van der Waals surface area contributed by atoms with Crippen molar-refractivity contribution in [2.45, 2.75) is 58.0 Å². The van der Waals surface area contributed by atoms with Gasteiger partial charge >= 0.3 is 0 Å². The second kappa shape index (κ2) is 5.58. The average Bonchev–Trinajstić information content (AvgIpc) is 3.25. The zero-order chi connectivity index (χ0) is 15.0. The SMILES string of the molecule is CCC1(C)CNC(C)(C2CC2)CN1CCS(=O)(=O)CC. The molecule has 1 saturated carbocycles. The van der Waals surface area contributed by atoms with Gasteiger partial charge in [0.25, 0.3) is 0 Å². The Hall–Kier alpha value is -0.130. The van der Waals surface area contributed by atoms with Crippen LogP contribution in [0.4, 0.5) is 0 Å². The Bertz CT molecular complexity index is 447. The lowest BCUT2D eigenvalue weighted by Crippen LogP contribution is -2.69. The number of hydrogen-bond donors (Lipinski definition) is 1. The average molecular weight is 302 g/mol. The minimum absolute atomic E-state index is 0.0810. The van der Waals surface area contributed by atoms with Crippen LogP contribution < -0.4 is 5.32 Å². The lowest BCUT2D eigenvalue weighted by molar-refractivity contribution is 0.0155. The van der Waals surface area contributed by atoms with E-state index in [-0.39, 0.29) is 16.8 Å². The van der Waals surface area contributed by atoms with E-state index >= 15 is 0 Å². The number of piperazine rings is 1. The largest absolute Gasteiger partial charge is 0.308 e. The first kappa shape index (κ1) is 16.2. The van der Waals surface area contributed by atoms with Crippen LogP contribution in [0.25, 0.3) is 0 Å². The van der Waals surface area contributed by atoms with E-state index in [0.29, 0.717) is 12.3 Å². The van der Waals surface area contributed by atoms with Crippen molar-refractivity contribution in [3.05, 3.63) is 0 Å². The van der Waals surface area contributed by atoms with Crippen molar-refractivity contribution in [1.82, 2.24) is 10.2 Å². The number of rotatable bonds is 6. The molecule has 0 aromatic carbocycles. The first-order valence-electron chi connectivity index (χ1n) is 7.95. The molecule has 1 aliphatic carbocycles. The topological polar surface area (TPSA) is 49.4 Å². The van der Waals surface area contributed by atoms with Gasteiger partial charge in [0.1, 0.15) is 0 Å². The van der Waals surface area contributed by atoms with E-state index in [4.69, 9.17) is 0 Å². The van der Waals surface area contributed by atoms with Crippen LogP contribution in [0.2, 0.25) is 0 Å². The van der Waals surface area contributed by atoms with Crippen molar-refractivity contribution >= 4 is 9.84 Å². The van der Waals surface area contributed by atoms with Gasteiger partial charge in [0.15, 0.2) is 9.84 Å². The molecule has 0 amide bonds. The third-order valence-electron chi connectivity index (χ3n) is 5.51. The Morgan fingerprint density at radius 1 is 1.25 bits per heavy atom. The van der Waals surface area contributed by atoms with Crippen molar-refractivity contribution in [2.75, 3.05) is 31.1 Å². The molecule has 5 heteroatoms. The van der Waals surface area contributed by atoms with Gasteiger partial charge in [-0.15, -0.1) is 0 Å². The fourth-order valence-electron chi connectivity index (χ4n) is 3.23. The molecule has 1 saturated heterocycles. The summed E-state index contributed by atoms with van der Waals surface area (Å²) in [4.78, 5) is 2.43. The number of sulfone groups is 1. The molecule has 1 N–H and O–H groups in total. The predicted molar refractivity (Wildman–Crippen MR) is 83.7 cm³/mol. The van der Waals surface area contributed by atoms with Crippen LogP contribution in [-0.4, -0.2) is 55.5 Å². The summed E-state index contributed by atoms with van der Waals surface area (Å²) in [6, 6.07) is 0. The van der Waals surface area contributed by atoms with Crippen LogP contribution in [0, 0.1) is 5.92 Å². The van der Waals surface area contributed by atoms with Crippen molar-refractivity contribution in [1.29, 1.82) is 0 Å². The van der Waals surface area contributed by atoms with Gasteiger partial charge < -0.3 is 5.32 Å². The molecule has 0 bridgehead atoms. The van der Waals surface area contributed by atoms with Crippen molar-refractivity contribution in [3.8, 4) is 0 Å². The Balaban J connectivity index is 2.07. The summed E-state index contributed by atoms with van der Waals surface area (Å²) >= 11 is 0. The van der Waals surface area contributed by atoms with Crippen LogP contribution in [0.3, 0.4) is 0 Å². The van der Waals surface area contributed by atoms with Crippen LogP contribution in [0.15, 0.2) is 0 Å². The molecule has 0 spiro atoms. The first-order chi connectivity index (χ1) is 9.25. The van der Waals surface area contributed by atoms with Gasteiger partial charge in [0.05, 0.1) is 5.75 Å².